The zero-order chi connectivity index (χ0) is 62.3. The molecule has 0 fully saturated rings. The lowest BCUT2D eigenvalue weighted by Crippen LogP contribution is -2.17. The Hall–Kier alpha value is -12.8. The summed E-state index contributed by atoms with van der Waals surface area (Å²) in [6.07, 6.45) is 0. The van der Waals surface area contributed by atoms with Gasteiger partial charge in [0.25, 0.3) is 0 Å². The largest absolute Gasteiger partial charge is 0.278 e. The highest BCUT2D eigenvalue weighted by Gasteiger charge is 2.30. The lowest BCUT2D eigenvalue weighted by atomic mass is 9.88. The Bertz CT molecular complexity index is 5340. The Labute approximate surface area is 544 Å². The maximum Gasteiger partial charge on any atom is 0.238 e. The van der Waals surface area contributed by atoms with Crippen molar-refractivity contribution < 1.29 is 0 Å². The van der Waals surface area contributed by atoms with Gasteiger partial charge < -0.3 is 0 Å². The van der Waals surface area contributed by atoms with Crippen LogP contribution in [0.4, 0.5) is 34.6 Å². The van der Waals surface area contributed by atoms with E-state index in [1.165, 1.54) is 49.4 Å². The van der Waals surface area contributed by atoms with E-state index in [0.717, 1.165) is 83.9 Å². The topological polar surface area (TPSA) is 83.8 Å². The molecule has 4 heterocycles. The first-order valence-corrected chi connectivity index (χ1v) is 31.6. The lowest BCUT2D eigenvalue weighted by molar-refractivity contribution is 1.02. The fraction of sp³-hybridized carbons (Fsp3) is 0. The van der Waals surface area contributed by atoms with Crippen LogP contribution < -0.4 is 9.80 Å². The van der Waals surface area contributed by atoms with Crippen molar-refractivity contribution in [1.82, 2.24) is 29.9 Å². The van der Waals surface area contributed by atoms with Crippen LogP contribution in [0.3, 0.4) is 0 Å². The molecule has 0 N–H and O–H groups in total. The van der Waals surface area contributed by atoms with Crippen molar-refractivity contribution in [2.75, 3.05) is 9.80 Å². The van der Waals surface area contributed by atoms with Crippen LogP contribution in [0.2, 0.25) is 0 Å². The molecule has 16 aromatic rings. The molecule has 0 spiro atoms. The number of benzene rings is 14. The molecule has 14 aromatic carbocycles. The van der Waals surface area contributed by atoms with Crippen molar-refractivity contribution in [3.8, 4) is 112 Å². The van der Waals surface area contributed by atoms with Crippen molar-refractivity contribution in [1.29, 1.82) is 0 Å². The Morgan fingerprint density at radius 1 is 0.170 bits per heavy atom. The minimum atomic E-state index is 0.561. The molecule has 2 aliphatic rings. The van der Waals surface area contributed by atoms with Gasteiger partial charge in [-0.25, -0.2) is 9.97 Å². The summed E-state index contributed by atoms with van der Waals surface area (Å²) in [7, 11) is 0. The zero-order valence-electron chi connectivity index (χ0n) is 50.9. The highest BCUT2D eigenvalue weighted by Crippen LogP contribution is 2.52. The molecular formula is C86H56N8. The number of hydrogen-bond donors (Lipinski definition) is 0. The first-order valence-electron chi connectivity index (χ1n) is 31.6. The molecule has 0 unspecified atom stereocenters. The van der Waals surface area contributed by atoms with Crippen molar-refractivity contribution in [2.45, 2.75) is 0 Å². The molecule has 0 atom stereocenters. The number of fused-ring (bicyclic) bond motifs is 8. The van der Waals surface area contributed by atoms with E-state index >= 15 is 0 Å². The fourth-order valence-corrected chi connectivity index (χ4v) is 13.4. The maximum atomic E-state index is 5.27. The SMILES string of the molecule is c1ccc(-c2ccc(-c3nc(-c4ccccc4)nc(N4c5ccccc5-c5cccc6cccc(c56)-c5ccccc54)n3)cc2)cc1.c1ccc(-c2cccc(-c3nc(-c4ccccc4)nc(N4c5ccccc5-c5cccc6cccc(c56)-c5ccccc54)n3)c2)cc1. The predicted octanol–water partition coefficient (Wildman–Crippen LogP) is 22.3. The quantitative estimate of drug-likeness (QED) is 0.149. The lowest BCUT2D eigenvalue weighted by Gasteiger charge is -2.31. The van der Waals surface area contributed by atoms with Gasteiger partial charge in [-0.1, -0.05) is 309 Å². The molecule has 0 aliphatic carbocycles. The van der Waals surface area contributed by atoms with Crippen LogP contribution in [0, 0.1) is 0 Å². The molecule has 8 nitrogen and oxygen atoms in total. The fourth-order valence-electron chi connectivity index (χ4n) is 13.4. The summed E-state index contributed by atoms with van der Waals surface area (Å²) in [5.74, 6) is 3.60. The Morgan fingerprint density at radius 2 is 0.415 bits per heavy atom. The summed E-state index contributed by atoms with van der Waals surface area (Å²) in [6, 6.07) is 119. The van der Waals surface area contributed by atoms with E-state index in [4.69, 9.17) is 29.9 Å². The number of nitrogens with zero attached hydrogens (tertiary/aromatic N) is 8. The smallest absolute Gasteiger partial charge is 0.238 e. The summed E-state index contributed by atoms with van der Waals surface area (Å²) in [4.78, 5) is 35.4. The molecule has 18 rings (SSSR count). The third-order valence-electron chi connectivity index (χ3n) is 17.7. The van der Waals surface area contributed by atoms with Gasteiger partial charge in [0.1, 0.15) is 0 Å². The van der Waals surface area contributed by atoms with E-state index in [2.05, 4.69) is 289 Å². The number of rotatable bonds is 8. The molecule has 440 valence electrons. The van der Waals surface area contributed by atoms with Gasteiger partial charge >= 0.3 is 0 Å². The van der Waals surface area contributed by atoms with E-state index in [9.17, 15) is 0 Å². The molecule has 0 radical (unpaired) electrons. The number of hydrogen-bond acceptors (Lipinski definition) is 8. The van der Waals surface area contributed by atoms with Gasteiger partial charge in [0, 0.05) is 44.5 Å². The summed E-state index contributed by atoms with van der Waals surface area (Å²) >= 11 is 0. The molecule has 94 heavy (non-hydrogen) atoms. The summed E-state index contributed by atoms with van der Waals surface area (Å²) < 4.78 is 0. The van der Waals surface area contributed by atoms with Gasteiger partial charge in [-0.3, -0.25) is 9.80 Å². The predicted molar refractivity (Wildman–Crippen MR) is 386 cm³/mol. The van der Waals surface area contributed by atoms with Gasteiger partial charge in [-0.2, -0.15) is 19.9 Å². The zero-order valence-corrected chi connectivity index (χ0v) is 50.9. The first-order chi connectivity index (χ1) is 46.6. The van der Waals surface area contributed by atoms with E-state index in [1.807, 2.05) is 60.7 Å². The highest BCUT2D eigenvalue weighted by molar-refractivity contribution is 6.14. The highest BCUT2D eigenvalue weighted by atomic mass is 15.3. The van der Waals surface area contributed by atoms with Gasteiger partial charge in [-0.05, 0) is 96.4 Å². The van der Waals surface area contributed by atoms with Crippen LogP contribution >= 0.6 is 0 Å². The van der Waals surface area contributed by atoms with E-state index in [1.54, 1.807) is 0 Å². The van der Waals surface area contributed by atoms with Crippen LogP contribution in [0.15, 0.2) is 340 Å². The minimum Gasteiger partial charge on any atom is -0.278 e. The van der Waals surface area contributed by atoms with Gasteiger partial charge in [0.2, 0.25) is 11.9 Å². The maximum absolute atomic E-state index is 5.27. The second-order valence-electron chi connectivity index (χ2n) is 23.3. The molecule has 2 aromatic heterocycles. The molecule has 2 aliphatic heterocycles. The molecule has 0 saturated carbocycles. The molecule has 8 heteroatoms. The summed E-state index contributed by atoms with van der Waals surface area (Å²) in [6.45, 7) is 0. The number of para-hydroxylation sites is 4. The Morgan fingerprint density at radius 3 is 0.787 bits per heavy atom. The molecule has 0 saturated heterocycles. The molecule has 0 bridgehead atoms. The average Bonchev–Trinajstić information content (AvgIpc) is 0.744. The van der Waals surface area contributed by atoms with Crippen molar-refractivity contribution in [3.63, 3.8) is 0 Å². The van der Waals surface area contributed by atoms with Crippen LogP contribution in [0.5, 0.6) is 0 Å². The second-order valence-corrected chi connectivity index (χ2v) is 23.3. The van der Waals surface area contributed by atoms with Crippen molar-refractivity contribution >= 4 is 56.2 Å². The molecule has 0 amide bonds. The third kappa shape index (κ3) is 10.1. The number of anilines is 6. The van der Waals surface area contributed by atoms with Gasteiger partial charge in [0.05, 0.1) is 22.7 Å². The first kappa shape index (κ1) is 55.3. The Kier molecular flexibility index (Phi) is 14.0. The standard InChI is InChI=1S/2C43H28N4/c1-3-14-29(15-4-1)32-20-11-21-33(28-32)42-44-41(31-16-5-2-6-17-31)45-43(46-42)47-38-26-9-7-22-34(38)36-24-12-18-30-19-13-25-37(40(30)36)35-23-8-10-27-39(35)47;1-3-13-29(14-4-1)30-25-27-33(28-26-30)42-44-41(32-15-5-2-6-16-32)45-43(46-42)47-38-23-9-7-19-34(38)36-21-11-17-31-18-12-22-37(40(31)36)35-20-8-10-24-39(35)47/h2*1-28H. The van der Waals surface area contributed by atoms with E-state index in [-0.39, 0.29) is 0 Å². The summed E-state index contributed by atoms with van der Waals surface area (Å²) in [5.41, 5.74) is 21.5. The van der Waals surface area contributed by atoms with Crippen LogP contribution in [-0.2, 0) is 0 Å². The summed E-state index contributed by atoms with van der Waals surface area (Å²) in [5, 5.41) is 4.92. The van der Waals surface area contributed by atoms with Gasteiger partial charge in [0.15, 0.2) is 23.3 Å². The van der Waals surface area contributed by atoms with Crippen molar-refractivity contribution in [3.05, 3.63) is 340 Å². The Balaban J connectivity index is 0.000000143. The van der Waals surface area contributed by atoms with Crippen molar-refractivity contribution in [2.24, 2.45) is 0 Å². The average molecular weight is 1200 g/mol. The van der Waals surface area contributed by atoms with E-state index in [0.29, 0.717) is 35.2 Å². The van der Waals surface area contributed by atoms with Gasteiger partial charge in [-0.15, -0.1) is 0 Å². The van der Waals surface area contributed by atoms with E-state index < -0.39 is 0 Å². The monoisotopic (exact) mass is 1200 g/mol. The normalized spacial score (nSPS) is 11.8. The molecular weight excluding hydrogens is 1150 g/mol. The van der Waals surface area contributed by atoms with Crippen LogP contribution in [0.25, 0.3) is 134 Å². The van der Waals surface area contributed by atoms with Crippen LogP contribution in [-0.4, -0.2) is 29.9 Å². The second kappa shape index (κ2) is 23.9. The number of aromatic nitrogens is 6. The third-order valence-corrected chi connectivity index (χ3v) is 17.7. The van der Waals surface area contributed by atoms with Crippen LogP contribution in [0.1, 0.15) is 0 Å². The minimum absolute atomic E-state index is 0.561.